The van der Waals surface area contributed by atoms with Crippen LogP contribution in [0.15, 0.2) is 60.7 Å². The molecule has 1 aliphatic rings. The van der Waals surface area contributed by atoms with Crippen LogP contribution >= 0.6 is 0 Å². The number of nitrogens with zero attached hydrogens (tertiary/aromatic N) is 1. The Labute approximate surface area is 296 Å². The summed E-state index contributed by atoms with van der Waals surface area (Å²) in [6.07, 6.45) is 3.67. The lowest BCUT2D eigenvalue weighted by Gasteiger charge is -2.33. The highest BCUT2D eigenvalue weighted by molar-refractivity contribution is 5.95. The van der Waals surface area contributed by atoms with Gasteiger partial charge in [0.25, 0.3) is 0 Å². The second-order valence-corrected chi connectivity index (χ2v) is 13.4. The fourth-order valence-corrected chi connectivity index (χ4v) is 5.99. The van der Waals surface area contributed by atoms with Gasteiger partial charge in [-0.1, -0.05) is 74.5 Å². The maximum atomic E-state index is 13.9. The normalized spacial score (nSPS) is 15.7. The van der Waals surface area contributed by atoms with Gasteiger partial charge in [-0.05, 0) is 68.5 Å². The van der Waals surface area contributed by atoms with Crippen LogP contribution in [0.1, 0.15) is 63.5 Å². The van der Waals surface area contributed by atoms with Crippen LogP contribution in [0.4, 0.5) is 4.79 Å². The minimum atomic E-state index is -1.00. The molecule has 4 atom stereocenters. The summed E-state index contributed by atoms with van der Waals surface area (Å²) in [5.41, 5.74) is 13.7. The monoisotopic (exact) mass is 692 g/mol. The molecule has 0 unspecified atom stereocenters. The average molecular weight is 693 g/mol. The van der Waals surface area contributed by atoms with Crippen molar-refractivity contribution in [3.8, 4) is 0 Å². The first kappa shape index (κ1) is 39.9. The Kier molecular flexibility index (Phi) is 16.7. The summed E-state index contributed by atoms with van der Waals surface area (Å²) in [5.74, 6) is -1.78. The molecule has 1 fully saturated rings. The van der Waals surface area contributed by atoms with Crippen LogP contribution < -0.4 is 38.1 Å². The van der Waals surface area contributed by atoms with Crippen molar-refractivity contribution in [3.63, 3.8) is 0 Å². The Morgan fingerprint density at radius 3 is 1.84 bits per heavy atom. The zero-order valence-electron chi connectivity index (χ0n) is 29.7. The van der Waals surface area contributed by atoms with Crippen LogP contribution in [0.2, 0.25) is 0 Å². The van der Waals surface area contributed by atoms with Gasteiger partial charge in [0.1, 0.15) is 18.1 Å². The van der Waals surface area contributed by atoms with Gasteiger partial charge in [-0.15, -0.1) is 0 Å². The number of nitrogens with two attached hydrogens (primary N) is 2. The summed E-state index contributed by atoms with van der Waals surface area (Å²) in [7, 11) is 1.59. The van der Waals surface area contributed by atoms with Crippen LogP contribution in [0, 0.1) is 5.92 Å². The third-order valence-electron chi connectivity index (χ3n) is 8.81. The lowest BCUT2D eigenvalue weighted by molar-refractivity contribution is -0.134. The Morgan fingerprint density at radius 2 is 1.28 bits per heavy atom. The van der Waals surface area contributed by atoms with Crippen molar-refractivity contribution in [1.29, 1.82) is 0 Å². The SMILES string of the molecule is CNC(=O)N1CCC(NC(=O)[C@@H](CCCCN)NC(=O)[C@@H](CC(C)C)NC(=O)[C@@H](Cc2ccccc2)NC(=O)[C@H](N)Cc2ccccc2)CC1. The average Bonchev–Trinajstić information content (AvgIpc) is 3.11. The van der Waals surface area contributed by atoms with Gasteiger partial charge in [0.05, 0.1) is 6.04 Å². The molecule has 2 aromatic rings. The molecule has 1 saturated heterocycles. The molecule has 3 rings (SSSR count). The van der Waals surface area contributed by atoms with Crippen molar-refractivity contribution < 1.29 is 24.0 Å². The number of piperidine rings is 1. The van der Waals surface area contributed by atoms with E-state index in [9.17, 15) is 24.0 Å². The predicted octanol–water partition coefficient (Wildman–Crippen LogP) is 1.35. The molecule has 2 aromatic carbocycles. The van der Waals surface area contributed by atoms with Crippen LogP contribution in [-0.4, -0.2) is 91.5 Å². The quantitative estimate of drug-likeness (QED) is 0.114. The molecule has 13 nitrogen and oxygen atoms in total. The van der Waals surface area contributed by atoms with Crippen molar-refractivity contribution >= 4 is 29.7 Å². The van der Waals surface area contributed by atoms with Crippen LogP contribution in [0.3, 0.4) is 0 Å². The molecule has 0 saturated carbocycles. The Balaban J connectivity index is 1.72. The smallest absolute Gasteiger partial charge is 0.317 e. The van der Waals surface area contributed by atoms with Gasteiger partial charge in [-0.25, -0.2) is 4.79 Å². The molecule has 0 aromatic heterocycles. The van der Waals surface area contributed by atoms with E-state index in [-0.39, 0.29) is 30.3 Å². The molecule has 1 aliphatic heterocycles. The van der Waals surface area contributed by atoms with E-state index in [1.54, 1.807) is 11.9 Å². The number of unbranched alkanes of at least 4 members (excludes halogenated alkanes) is 1. The van der Waals surface area contributed by atoms with E-state index in [0.717, 1.165) is 11.1 Å². The fraction of sp³-hybridized carbons (Fsp3) is 0.541. The van der Waals surface area contributed by atoms with E-state index >= 15 is 0 Å². The van der Waals surface area contributed by atoms with Gasteiger partial charge in [0, 0.05) is 32.6 Å². The third kappa shape index (κ3) is 13.4. The first-order valence-electron chi connectivity index (χ1n) is 17.7. The number of likely N-dealkylation sites (tertiary alicyclic amines) is 1. The molecular formula is C37H56N8O5. The van der Waals surface area contributed by atoms with Gasteiger partial charge in [0.2, 0.25) is 23.6 Å². The van der Waals surface area contributed by atoms with E-state index in [2.05, 4.69) is 26.6 Å². The zero-order valence-corrected chi connectivity index (χ0v) is 29.7. The minimum absolute atomic E-state index is 0.0301. The highest BCUT2D eigenvalue weighted by atomic mass is 16.2. The summed E-state index contributed by atoms with van der Waals surface area (Å²) < 4.78 is 0. The third-order valence-corrected chi connectivity index (χ3v) is 8.81. The summed E-state index contributed by atoms with van der Waals surface area (Å²) in [6.45, 7) is 5.35. The Bertz CT molecular complexity index is 1370. The molecule has 9 N–H and O–H groups in total. The number of urea groups is 1. The van der Waals surface area contributed by atoms with Gasteiger partial charge in [-0.2, -0.15) is 0 Å². The van der Waals surface area contributed by atoms with Gasteiger partial charge in [0.15, 0.2) is 0 Å². The van der Waals surface area contributed by atoms with E-state index in [1.165, 1.54) is 0 Å². The number of amides is 6. The molecule has 0 radical (unpaired) electrons. The van der Waals surface area contributed by atoms with E-state index in [4.69, 9.17) is 11.5 Å². The molecular weight excluding hydrogens is 636 g/mol. The topological polar surface area (TPSA) is 201 Å². The lowest BCUT2D eigenvalue weighted by atomic mass is 9.99. The molecule has 0 bridgehead atoms. The number of nitrogens with one attached hydrogen (secondary N) is 5. The maximum Gasteiger partial charge on any atom is 0.317 e. The molecule has 13 heteroatoms. The molecule has 274 valence electrons. The largest absolute Gasteiger partial charge is 0.351 e. The van der Waals surface area contributed by atoms with Gasteiger partial charge in [-0.3, -0.25) is 19.2 Å². The first-order chi connectivity index (χ1) is 24.0. The number of hydrogen-bond donors (Lipinski definition) is 7. The van der Waals surface area contributed by atoms with Crippen LogP contribution in [-0.2, 0) is 32.0 Å². The first-order valence-corrected chi connectivity index (χ1v) is 17.7. The van der Waals surface area contributed by atoms with Crippen LogP contribution in [0.25, 0.3) is 0 Å². The maximum absolute atomic E-state index is 13.9. The fourth-order valence-electron chi connectivity index (χ4n) is 5.99. The summed E-state index contributed by atoms with van der Waals surface area (Å²) in [4.78, 5) is 68.2. The summed E-state index contributed by atoms with van der Waals surface area (Å²) in [6, 6.07) is 14.7. The zero-order chi connectivity index (χ0) is 36.5. The molecule has 6 amide bonds. The Morgan fingerprint density at radius 1 is 0.740 bits per heavy atom. The number of benzene rings is 2. The standard InChI is InChI=1S/C37H56N8O5/c1-25(2)22-31(35(48)42-30(16-10-11-19-38)34(47)41-28-17-20-45(21-18-28)37(50)40-3)44-36(49)32(24-27-14-8-5-9-15-27)43-33(46)29(39)23-26-12-6-4-7-13-26/h4-9,12-15,25,28-32H,10-11,16-24,38-39H2,1-3H3,(H,40,50)(H,41,47)(H,42,48)(H,43,46)(H,44,49)/t29-,30-,31-,32-/m1/s1. The van der Waals surface area contributed by atoms with Crippen molar-refractivity contribution in [1.82, 2.24) is 31.5 Å². The van der Waals surface area contributed by atoms with E-state index < -0.39 is 41.9 Å². The molecule has 1 heterocycles. The van der Waals surface area contributed by atoms with Crippen LogP contribution in [0.5, 0.6) is 0 Å². The van der Waals surface area contributed by atoms with Crippen molar-refractivity contribution in [2.24, 2.45) is 17.4 Å². The number of rotatable bonds is 18. The predicted molar refractivity (Wildman–Crippen MR) is 194 cm³/mol. The molecule has 0 spiro atoms. The highest BCUT2D eigenvalue weighted by Gasteiger charge is 2.32. The molecule has 50 heavy (non-hydrogen) atoms. The summed E-state index contributed by atoms with van der Waals surface area (Å²) >= 11 is 0. The van der Waals surface area contributed by atoms with E-state index in [1.807, 2.05) is 74.5 Å². The molecule has 0 aliphatic carbocycles. The number of hydrogen-bond acceptors (Lipinski definition) is 7. The lowest BCUT2D eigenvalue weighted by Crippen LogP contribution is -2.59. The van der Waals surface area contributed by atoms with Gasteiger partial charge >= 0.3 is 6.03 Å². The second-order valence-electron chi connectivity index (χ2n) is 13.4. The van der Waals surface area contributed by atoms with Gasteiger partial charge < -0.3 is 43.0 Å². The summed E-state index contributed by atoms with van der Waals surface area (Å²) in [5, 5.41) is 14.3. The highest BCUT2D eigenvalue weighted by Crippen LogP contribution is 2.13. The number of carbonyl (C=O) groups excluding carboxylic acids is 5. The van der Waals surface area contributed by atoms with Crippen molar-refractivity contribution in [3.05, 3.63) is 71.8 Å². The minimum Gasteiger partial charge on any atom is -0.351 e. The number of carbonyl (C=O) groups is 5. The Hall–Kier alpha value is -4.49. The second kappa shape index (κ2) is 20.9. The van der Waals surface area contributed by atoms with Crippen molar-refractivity contribution in [2.75, 3.05) is 26.7 Å². The van der Waals surface area contributed by atoms with E-state index in [0.29, 0.717) is 64.6 Å². The van der Waals surface area contributed by atoms with Crippen molar-refractivity contribution in [2.45, 2.75) is 95.4 Å².